The maximum atomic E-state index is 12.3. The summed E-state index contributed by atoms with van der Waals surface area (Å²) in [6.07, 6.45) is 4.73. The normalized spacial score (nSPS) is 10.9. The number of nitrogens with one attached hydrogen (secondary N) is 1. The van der Waals surface area contributed by atoms with E-state index in [0.29, 0.717) is 23.0 Å². The third-order valence-corrected chi connectivity index (χ3v) is 4.39. The monoisotopic (exact) mass is 409 g/mol. The van der Waals surface area contributed by atoms with Crippen molar-refractivity contribution in [2.45, 2.75) is 6.54 Å². The molecule has 0 aliphatic carbocycles. The van der Waals surface area contributed by atoms with Crippen LogP contribution in [0.25, 0.3) is 17.6 Å². The summed E-state index contributed by atoms with van der Waals surface area (Å²) in [6.45, 7) is 0.503. The Hall–Kier alpha value is -3.88. The Morgan fingerprint density at radius 3 is 2.67 bits per heavy atom. The minimum atomic E-state index is -0.279. The van der Waals surface area contributed by atoms with Crippen molar-refractivity contribution in [2.24, 2.45) is 7.05 Å². The van der Waals surface area contributed by atoms with E-state index in [1.807, 2.05) is 12.1 Å². The van der Waals surface area contributed by atoms with Gasteiger partial charge < -0.3 is 14.8 Å². The maximum Gasteiger partial charge on any atom is 0.346 e. The standard InChI is InChI=1S/C21H23N5O4/c1-25-20(16-6-4-5-11-22-16)24-26(21(25)28)13-12-23-19(27)10-8-15-7-9-17(29-2)18(14-15)30-3/h4-11,14H,12-13H2,1-3H3,(H,23,27)/b10-8+. The Labute approximate surface area is 173 Å². The molecule has 1 N–H and O–H groups in total. The molecule has 156 valence electrons. The zero-order valence-corrected chi connectivity index (χ0v) is 17.0. The number of aromatic nitrogens is 4. The summed E-state index contributed by atoms with van der Waals surface area (Å²) in [4.78, 5) is 28.7. The SMILES string of the molecule is COc1ccc(/C=C/C(=O)NCCn2nc(-c3ccccn3)n(C)c2=O)cc1OC. The Morgan fingerprint density at radius 2 is 1.97 bits per heavy atom. The second-order valence-electron chi connectivity index (χ2n) is 6.34. The van der Waals surface area contributed by atoms with Crippen LogP contribution in [0.15, 0.2) is 53.5 Å². The number of hydrogen-bond donors (Lipinski definition) is 1. The van der Waals surface area contributed by atoms with Gasteiger partial charge >= 0.3 is 5.69 Å². The lowest BCUT2D eigenvalue weighted by molar-refractivity contribution is -0.116. The van der Waals surface area contributed by atoms with Crippen LogP contribution in [-0.2, 0) is 18.4 Å². The third kappa shape index (κ3) is 4.75. The summed E-state index contributed by atoms with van der Waals surface area (Å²) >= 11 is 0. The highest BCUT2D eigenvalue weighted by Crippen LogP contribution is 2.27. The van der Waals surface area contributed by atoms with Gasteiger partial charge in [-0.25, -0.2) is 9.48 Å². The molecule has 3 aromatic rings. The minimum Gasteiger partial charge on any atom is -0.493 e. The second-order valence-corrected chi connectivity index (χ2v) is 6.34. The van der Waals surface area contributed by atoms with Gasteiger partial charge in [0, 0.05) is 25.9 Å². The first-order valence-electron chi connectivity index (χ1n) is 9.26. The molecular weight excluding hydrogens is 386 g/mol. The van der Waals surface area contributed by atoms with Crippen molar-refractivity contribution >= 4 is 12.0 Å². The van der Waals surface area contributed by atoms with Crippen LogP contribution in [0.4, 0.5) is 0 Å². The van der Waals surface area contributed by atoms with Crippen LogP contribution in [0.2, 0.25) is 0 Å². The Bertz CT molecular complexity index is 1100. The molecule has 0 radical (unpaired) electrons. The van der Waals surface area contributed by atoms with Crippen molar-refractivity contribution in [3.05, 3.63) is 64.7 Å². The fraction of sp³-hybridized carbons (Fsp3) is 0.238. The van der Waals surface area contributed by atoms with Crippen LogP contribution >= 0.6 is 0 Å². The fourth-order valence-corrected chi connectivity index (χ4v) is 2.82. The molecule has 0 aliphatic rings. The Balaban J connectivity index is 1.59. The first-order valence-corrected chi connectivity index (χ1v) is 9.26. The van der Waals surface area contributed by atoms with Gasteiger partial charge in [-0.2, -0.15) is 0 Å². The van der Waals surface area contributed by atoms with Crippen molar-refractivity contribution in [3.63, 3.8) is 0 Å². The van der Waals surface area contributed by atoms with Crippen molar-refractivity contribution in [2.75, 3.05) is 20.8 Å². The summed E-state index contributed by atoms with van der Waals surface area (Å²) in [5, 5.41) is 7.06. The summed E-state index contributed by atoms with van der Waals surface area (Å²) in [5.41, 5.74) is 1.13. The third-order valence-electron chi connectivity index (χ3n) is 4.39. The number of carbonyl (C=O) groups is 1. The predicted molar refractivity (Wildman–Crippen MR) is 112 cm³/mol. The molecule has 9 heteroatoms. The smallest absolute Gasteiger partial charge is 0.346 e. The number of carbonyl (C=O) groups excluding carboxylic acids is 1. The molecule has 1 amide bonds. The topological polar surface area (TPSA) is 100 Å². The summed E-state index contributed by atoms with van der Waals surface area (Å²) in [7, 11) is 4.75. The van der Waals surface area contributed by atoms with Gasteiger partial charge in [0.2, 0.25) is 5.91 Å². The number of hydrogen-bond acceptors (Lipinski definition) is 6. The molecule has 0 fully saturated rings. The molecule has 0 atom stereocenters. The van der Waals surface area contributed by atoms with E-state index in [9.17, 15) is 9.59 Å². The lowest BCUT2D eigenvalue weighted by atomic mass is 10.2. The van der Waals surface area contributed by atoms with E-state index in [0.717, 1.165) is 5.56 Å². The van der Waals surface area contributed by atoms with Gasteiger partial charge in [0.05, 0.1) is 20.8 Å². The van der Waals surface area contributed by atoms with E-state index in [-0.39, 0.29) is 24.7 Å². The summed E-state index contributed by atoms with van der Waals surface area (Å²) in [6, 6.07) is 10.8. The maximum absolute atomic E-state index is 12.3. The highest BCUT2D eigenvalue weighted by Gasteiger charge is 2.12. The van der Waals surface area contributed by atoms with E-state index >= 15 is 0 Å². The molecule has 0 unspecified atom stereocenters. The van der Waals surface area contributed by atoms with Gasteiger partial charge in [0.25, 0.3) is 0 Å². The first kappa shape index (κ1) is 20.8. The molecule has 2 heterocycles. The lowest BCUT2D eigenvalue weighted by Gasteiger charge is -2.07. The molecule has 1 aromatic carbocycles. The van der Waals surface area contributed by atoms with E-state index in [1.54, 1.807) is 57.8 Å². The average Bonchev–Trinajstić information content (AvgIpc) is 3.06. The molecule has 0 bridgehead atoms. The van der Waals surface area contributed by atoms with Gasteiger partial charge in [-0.05, 0) is 35.9 Å². The van der Waals surface area contributed by atoms with Gasteiger partial charge in [0.15, 0.2) is 17.3 Å². The zero-order valence-electron chi connectivity index (χ0n) is 17.0. The van der Waals surface area contributed by atoms with Crippen molar-refractivity contribution in [1.82, 2.24) is 24.6 Å². The van der Waals surface area contributed by atoms with Crippen LogP contribution in [0.5, 0.6) is 11.5 Å². The average molecular weight is 409 g/mol. The van der Waals surface area contributed by atoms with E-state index in [2.05, 4.69) is 15.4 Å². The number of benzene rings is 1. The van der Waals surface area contributed by atoms with Crippen molar-refractivity contribution in [3.8, 4) is 23.0 Å². The molecular formula is C21H23N5O4. The Kier molecular flexibility index (Phi) is 6.63. The van der Waals surface area contributed by atoms with E-state index in [4.69, 9.17) is 9.47 Å². The van der Waals surface area contributed by atoms with Crippen LogP contribution in [-0.4, -0.2) is 46.0 Å². The number of pyridine rings is 1. The van der Waals surface area contributed by atoms with Crippen LogP contribution < -0.4 is 20.5 Å². The minimum absolute atomic E-state index is 0.245. The molecule has 30 heavy (non-hydrogen) atoms. The van der Waals surface area contributed by atoms with Crippen LogP contribution in [0, 0.1) is 0 Å². The fourth-order valence-electron chi connectivity index (χ4n) is 2.82. The van der Waals surface area contributed by atoms with Gasteiger partial charge in [0.1, 0.15) is 5.69 Å². The predicted octanol–water partition coefficient (Wildman–Crippen LogP) is 1.49. The number of ether oxygens (including phenoxy) is 2. The molecule has 0 saturated heterocycles. The van der Waals surface area contributed by atoms with Crippen LogP contribution in [0.3, 0.4) is 0 Å². The van der Waals surface area contributed by atoms with Crippen molar-refractivity contribution in [1.29, 1.82) is 0 Å². The molecule has 3 rings (SSSR count). The van der Waals surface area contributed by atoms with Crippen LogP contribution in [0.1, 0.15) is 5.56 Å². The first-order chi connectivity index (χ1) is 14.5. The second kappa shape index (κ2) is 9.55. The molecule has 9 nitrogen and oxygen atoms in total. The zero-order chi connectivity index (χ0) is 21.5. The van der Waals surface area contributed by atoms with Gasteiger partial charge in [-0.3, -0.25) is 14.3 Å². The molecule has 0 aliphatic heterocycles. The largest absolute Gasteiger partial charge is 0.493 e. The highest BCUT2D eigenvalue weighted by atomic mass is 16.5. The quantitative estimate of drug-likeness (QED) is 0.566. The number of nitrogens with zero attached hydrogens (tertiary/aromatic N) is 4. The summed E-state index contributed by atoms with van der Waals surface area (Å²) in [5.74, 6) is 1.39. The number of rotatable bonds is 8. The van der Waals surface area contributed by atoms with E-state index < -0.39 is 0 Å². The highest BCUT2D eigenvalue weighted by molar-refractivity contribution is 5.91. The number of methoxy groups -OCH3 is 2. The lowest BCUT2D eigenvalue weighted by Crippen LogP contribution is -2.30. The number of amides is 1. The van der Waals surface area contributed by atoms with E-state index in [1.165, 1.54) is 15.3 Å². The van der Waals surface area contributed by atoms with Gasteiger partial charge in [-0.15, -0.1) is 5.10 Å². The van der Waals surface area contributed by atoms with Crippen molar-refractivity contribution < 1.29 is 14.3 Å². The summed E-state index contributed by atoms with van der Waals surface area (Å²) < 4.78 is 13.2. The van der Waals surface area contributed by atoms with Gasteiger partial charge in [-0.1, -0.05) is 12.1 Å². The molecule has 0 saturated carbocycles. The Morgan fingerprint density at radius 1 is 1.17 bits per heavy atom. The molecule has 2 aromatic heterocycles. The molecule has 0 spiro atoms.